The van der Waals surface area contributed by atoms with Crippen molar-refractivity contribution in [3.8, 4) is 0 Å². The van der Waals surface area contributed by atoms with Gasteiger partial charge in [0.15, 0.2) is 11.4 Å². The molecule has 5 rings (SSSR count). The number of carboxylic acids is 1. The van der Waals surface area contributed by atoms with Crippen molar-refractivity contribution < 1.29 is 48.0 Å². The van der Waals surface area contributed by atoms with E-state index in [0.717, 1.165) is 25.7 Å². The van der Waals surface area contributed by atoms with Crippen LogP contribution in [0.1, 0.15) is 78.1 Å². The van der Waals surface area contributed by atoms with Crippen LogP contribution in [0.15, 0.2) is 47.1 Å². The molecule has 0 radical (unpaired) electrons. The van der Waals surface area contributed by atoms with Gasteiger partial charge in [-0.3, -0.25) is 9.59 Å². The number of Topliss-reactive ketones (excluding diaryl/α,β-unsaturated/α-hetero) is 1. The van der Waals surface area contributed by atoms with Crippen LogP contribution >= 0.6 is 0 Å². The fourth-order valence-corrected chi connectivity index (χ4v) is 7.28. The average Bonchev–Trinajstić information content (AvgIpc) is 3.16. The first-order valence-electron chi connectivity index (χ1n) is 14.4. The highest BCUT2D eigenvalue weighted by molar-refractivity contribution is 6.13. The summed E-state index contributed by atoms with van der Waals surface area (Å²) in [5.74, 6) is -6.70. The fraction of sp³-hybridized carbons (Fsp3) is 0.581. The molecule has 0 aromatic heterocycles. The molecule has 0 unspecified atom stereocenters. The summed E-state index contributed by atoms with van der Waals surface area (Å²) in [4.78, 5) is 64.7. The van der Waals surface area contributed by atoms with Gasteiger partial charge in [0, 0.05) is 18.4 Å². The zero-order valence-electron chi connectivity index (χ0n) is 23.4. The number of cyclic esters (lactones) is 2. The van der Waals surface area contributed by atoms with Crippen LogP contribution in [0.2, 0.25) is 0 Å². The third-order valence-corrected chi connectivity index (χ3v) is 8.93. The summed E-state index contributed by atoms with van der Waals surface area (Å²) in [5.41, 5.74) is -1.57. The van der Waals surface area contributed by atoms with E-state index in [9.17, 15) is 29.1 Å². The Morgan fingerprint density at radius 3 is 2.51 bits per heavy atom. The smallest absolute Gasteiger partial charge is 0.481 e. The number of rotatable bonds is 12. The minimum Gasteiger partial charge on any atom is -0.481 e. The highest BCUT2D eigenvalue weighted by atomic mass is 16.8. The summed E-state index contributed by atoms with van der Waals surface area (Å²) in [5, 5.41) is 9.93. The Bertz CT molecular complexity index is 1270. The van der Waals surface area contributed by atoms with Crippen molar-refractivity contribution in [3.05, 3.63) is 47.1 Å². The molecule has 1 spiro atoms. The number of allylic oxidation sites excluding steroid dienone is 5. The van der Waals surface area contributed by atoms with Gasteiger partial charge in [0.25, 0.3) is 5.79 Å². The van der Waals surface area contributed by atoms with E-state index in [4.69, 9.17) is 18.9 Å². The molecule has 0 aromatic rings. The zero-order chi connectivity index (χ0) is 29.4. The molecule has 3 heterocycles. The maximum Gasteiger partial charge on any atom is 0.512 e. The first-order valence-corrected chi connectivity index (χ1v) is 14.4. The second-order valence-corrected chi connectivity index (χ2v) is 11.4. The number of hydrogen-bond acceptors (Lipinski definition) is 9. The standard InChI is InChI=1S/C31H36O10/c1-3-5-7-8-9-11-12-18-14-23-30(17-24(33)34)16-20-25(28(36)38-27(20)35)26-19(18)15-22(21(32)13-10-6-4-2)39-31(23,26)41-29(37)40-30/h3-6,14,18-19,22,26H,7-13,15-17H2,1-2H3,(H,33,34)/b5-3+,6-4+/t18-,19+,22-,26+,30-,31-/m0/s1. The lowest BCUT2D eigenvalue weighted by Gasteiger charge is -2.58. The number of hydrogen-bond donors (Lipinski definition) is 1. The van der Waals surface area contributed by atoms with Crippen molar-refractivity contribution in [1.29, 1.82) is 0 Å². The summed E-state index contributed by atoms with van der Waals surface area (Å²) in [7, 11) is 0. The van der Waals surface area contributed by atoms with Crippen molar-refractivity contribution in [3.63, 3.8) is 0 Å². The maximum absolute atomic E-state index is 13.4. The summed E-state index contributed by atoms with van der Waals surface area (Å²) >= 11 is 0. The Labute approximate surface area is 238 Å². The second-order valence-electron chi connectivity index (χ2n) is 11.4. The lowest BCUT2D eigenvalue weighted by atomic mass is 9.60. The summed E-state index contributed by atoms with van der Waals surface area (Å²) < 4.78 is 22.9. The predicted octanol–water partition coefficient (Wildman–Crippen LogP) is 4.88. The van der Waals surface area contributed by atoms with Crippen LogP contribution in [0.3, 0.4) is 0 Å². The van der Waals surface area contributed by atoms with Crippen LogP contribution in [0.5, 0.6) is 0 Å². The number of esters is 2. The van der Waals surface area contributed by atoms with Crippen molar-refractivity contribution >= 4 is 29.8 Å². The van der Waals surface area contributed by atoms with Crippen LogP contribution in [-0.2, 0) is 38.1 Å². The molecule has 10 heteroatoms. The van der Waals surface area contributed by atoms with Gasteiger partial charge in [-0.05, 0) is 57.8 Å². The molecule has 2 saturated heterocycles. The average molecular weight is 569 g/mol. The van der Waals surface area contributed by atoms with Gasteiger partial charge < -0.3 is 24.1 Å². The van der Waals surface area contributed by atoms with Crippen molar-refractivity contribution in [2.24, 2.45) is 17.8 Å². The SMILES string of the molecule is C/C=C/CCCCC[C@H]1C=C2[C@@]3(CC(=O)O)CC4=C(C(=O)OC4=O)[C@H]4[C@@H]1C[C@@H](C(=O)CC/C=C/C)O[C@]24OC(=O)O3. The van der Waals surface area contributed by atoms with E-state index in [1.807, 2.05) is 38.2 Å². The molecule has 6 atom stereocenters. The molecule has 0 aromatic carbocycles. The molecule has 2 fully saturated rings. The first-order chi connectivity index (χ1) is 19.7. The summed E-state index contributed by atoms with van der Waals surface area (Å²) in [6.45, 7) is 3.84. The monoisotopic (exact) mass is 568 g/mol. The van der Waals surface area contributed by atoms with Gasteiger partial charge in [-0.1, -0.05) is 43.2 Å². The molecule has 220 valence electrons. The lowest BCUT2D eigenvalue weighted by Crippen LogP contribution is -2.67. The maximum atomic E-state index is 13.4. The van der Waals surface area contributed by atoms with Gasteiger partial charge in [-0.25, -0.2) is 14.4 Å². The van der Waals surface area contributed by atoms with E-state index in [1.54, 1.807) is 0 Å². The number of unbranched alkanes of at least 4 members (excludes halogenated alkanes) is 3. The van der Waals surface area contributed by atoms with Crippen molar-refractivity contribution in [2.45, 2.75) is 95.5 Å². The Balaban J connectivity index is 1.63. The van der Waals surface area contributed by atoms with Crippen LogP contribution in [0.4, 0.5) is 4.79 Å². The van der Waals surface area contributed by atoms with Gasteiger partial charge in [-0.2, -0.15) is 0 Å². The van der Waals surface area contributed by atoms with Gasteiger partial charge in [-0.15, -0.1) is 0 Å². The Hall–Kier alpha value is -3.53. The van der Waals surface area contributed by atoms with Crippen LogP contribution in [-0.4, -0.2) is 52.4 Å². The number of carbonyl (C=O) groups excluding carboxylic acids is 4. The van der Waals surface area contributed by atoms with Gasteiger partial charge in [0.2, 0.25) is 0 Å². The zero-order valence-corrected chi connectivity index (χ0v) is 23.4. The largest absolute Gasteiger partial charge is 0.512 e. The van der Waals surface area contributed by atoms with E-state index < -0.39 is 59.8 Å². The molecule has 5 aliphatic rings. The highest BCUT2D eigenvalue weighted by Crippen LogP contribution is 2.63. The van der Waals surface area contributed by atoms with Crippen LogP contribution in [0.25, 0.3) is 0 Å². The van der Waals surface area contributed by atoms with Crippen LogP contribution in [0, 0.1) is 17.8 Å². The number of aliphatic carboxylic acids is 1. The van der Waals surface area contributed by atoms with E-state index in [0.29, 0.717) is 12.8 Å². The topological polar surface area (TPSA) is 142 Å². The minimum atomic E-state index is -1.96. The van der Waals surface area contributed by atoms with E-state index >= 15 is 0 Å². The van der Waals surface area contributed by atoms with Crippen LogP contribution < -0.4 is 0 Å². The molecule has 0 amide bonds. The molecule has 1 N–H and O–H groups in total. The van der Waals surface area contributed by atoms with Crippen molar-refractivity contribution in [1.82, 2.24) is 0 Å². The number of ketones is 1. The summed E-state index contributed by atoms with van der Waals surface area (Å²) in [6.07, 6.45) is 12.0. The second kappa shape index (κ2) is 11.4. The molecule has 41 heavy (non-hydrogen) atoms. The van der Waals surface area contributed by atoms with Gasteiger partial charge in [0.1, 0.15) is 6.10 Å². The molecular formula is C31H36O10. The normalized spacial score (nSPS) is 33.7. The molecule has 5 bridgehead atoms. The third kappa shape index (κ3) is 5.07. The Kier molecular flexibility index (Phi) is 8.05. The van der Waals surface area contributed by atoms with E-state index in [1.165, 1.54) is 0 Å². The van der Waals surface area contributed by atoms with E-state index in [2.05, 4.69) is 6.08 Å². The minimum absolute atomic E-state index is 0.0224. The number of carbonyl (C=O) groups is 5. The molecule has 0 saturated carbocycles. The predicted molar refractivity (Wildman–Crippen MR) is 143 cm³/mol. The summed E-state index contributed by atoms with van der Waals surface area (Å²) in [6, 6.07) is 0. The third-order valence-electron chi connectivity index (χ3n) is 8.93. The fourth-order valence-electron chi connectivity index (χ4n) is 7.28. The lowest BCUT2D eigenvalue weighted by molar-refractivity contribution is -0.301. The highest BCUT2D eigenvalue weighted by Gasteiger charge is 2.72. The Morgan fingerprint density at radius 1 is 1.02 bits per heavy atom. The van der Waals surface area contributed by atoms with Crippen molar-refractivity contribution in [2.75, 3.05) is 0 Å². The quantitative estimate of drug-likeness (QED) is 0.150. The van der Waals surface area contributed by atoms with Gasteiger partial charge in [0.05, 0.1) is 23.5 Å². The van der Waals surface area contributed by atoms with Gasteiger partial charge >= 0.3 is 24.1 Å². The molecule has 3 aliphatic heterocycles. The number of ether oxygens (including phenoxy) is 4. The first kappa shape index (κ1) is 29.0. The molecule has 10 nitrogen and oxygen atoms in total. The van der Waals surface area contributed by atoms with E-state index in [-0.39, 0.29) is 47.7 Å². The Morgan fingerprint density at radius 2 is 1.78 bits per heavy atom. The molecular weight excluding hydrogens is 532 g/mol. The molecule has 2 aliphatic carbocycles. The number of carboxylic acid groups (broad SMARTS) is 1.